The summed E-state index contributed by atoms with van der Waals surface area (Å²) in [6.45, 7) is 4.68. The van der Waals surface area contributed by atoms with Crippen molar-refractivity contribution in [1.29, 1.82) is 0 Å². The molecule has 1 aromatic rings. The fourth-order valence-corrected chi connectivity index (χ4v) is 2.02. The summed E-state index contributed by atoms with van der Waals surface area (Å²) in [5.41, 5.74) is 4.09. The van der Waals surface area contributed by atoms with Crippen LogP contribution >= 0.6 is 0 Å². The van der Waals surface area contributed by atoms with E-state index in [-0.39, 0.29) is 0 Å². The van der Waals surface area contributed by atoms with Gasteiger partial charge in [0, 0.05) is 19.6 Å². The zero-order chi connectivity index (χ0) is 11.4. The summed E-state index contributed by atoms with van der Waals surface area (Å²) in [6.07, 6.45) is 0. The molecule has 3 heteroatoms. The van der Waals surface area contributed by atoms with Crippen LogP contribution in [-0.4, -0.2) is 32.1 Å². The molecule has 0 bridgehead atoms. The van der Waals surface area contributed by atoms with E-state index in [2.05, 4.69) is 35.5 Å². The average Bonchev–Trinajstić information content (AvgIpc) is 2.73. The molecule has 0 saturated carbocycles. The van der Waals surface area contributed by atoms with E-state index < -0.39 is 0 Å². The summed E-state index contributed by atoms with van der Waals surface area (Å²) < 4.78 is 5.42. The van der Waals surface area contributed by atoms with Crippen LogP contribution in [0.15, 0.2) is 18.2 Å². The van der Waals surface area contributed by atoms with Crippen molar-refractivity contribution in [1.82, 2.24) is 10.2 Å². The first kappa shape index (κ1) is 11.6. The molecule has 16 heavy (non-hydrogen) atoms. The van der Waals surface area contributed by atoms with Crippen LogP contribution < -0.4 is 5.32 Å². The third kappa shape index (κ3) is 2.82. The number of benzene rings is 1. The van der Waals surface area contributed by atoms with Gasteiger partial charge in [0.25, 0.3) is 0 Å². The van der Waals surface area contributed by atoms with Gasteiger partial charge >= 0.3 is 0 Å². The lowest BCUT2D eigenvalue weighted by molar-refractivity contribution is 0.134. The minimum Gasteiger partial charge on any atom is -0.372 e. The number of nitrogens with zero attached hydrogens (tertiary/aromatic N) is 1. The summed E-state index contributed by atoms with van der Waals surface area (Å²) in [6, 6.07) is 6.69. The predicted octanol–water partition coefficient (Wildman–Crippen LogP) is 1.37. The van der Waals surface area contributed by atoms with Gasteiger partial charge in [0.1, 0.15) is 0 Å². The largest absolute Gasteiger partial charge is 0.372 e. The van der Waals surface area contributed by atoms with Crippen LogP contribution in [0.1, 0.15) is 16.7 Å². The molecule has 0 aliphatic carbocycles. The lowest BCUT2D eigenvalue weighted by Crippen LogP contribution is -2.26. The first-order chi connectivity index (χ1) is 7.79. The summed E-state index contributed by atoms with van der Waals surface area (Å²) in [5, 5.41) is 3.16. The zero-order valence-electron chi connectivity index (χ0n) is 10.1. The van der Waals surface area contributed by atoms with E-state index in [1.54, 1.807) is 0 Å². The number of likely N-dealkylation sites (N-methyl/N-ethyl adjacent to an activating group) is 2. The van der Waals surface area contributed by atoms with Crippen LogP contribution in [0.4, 0.5) is 0 Å². The highest BCUT2D eigenvalue weighted by Gasteiger charge is 2.11. The second kappa shape index (κ2) is 5.43. The van der Waals surface area contributed by atoms with Crippen LogP contribution in [0.25, 0.3) is 0 Å². The van der Waals surface area contributed by atoms with E-state index in [1.165, 1.54) is 16.7 Å². The summed E-state index contributed by atoms with van der Waals surface area (Å²) in [5.74, 6) is 0. The van der Waals surface area contributed by atoms with E-state index in [0.717, 1.165) is 32.8 Å². The molecule has 0 spiro atoms. The van der Waals surface area contributed by atoms with Crippen LogP contribution in [0.5, 0.6) is 0 Å². The Bertz CT molecular complexity index is 352. The second-order valence-corrected chi connectivity index (χ2v) is 4.44. The SMILES string of the molecule is CNCCN(C)Cc1ccc2c(c1)COC2. The summed E-state index contributed by atoms with van der Waals surface area (Å²) in [4.78, 5) is 2.33. The molecule has 2 rings (SSSR count). The van der Waals surface area contributed by atoms with Gasteiger partial charge in [-0.3, -0.25) is 0 Å². The monoisotopic (exact) mass is 220 g/mol. The number of nitrogens with one attached hydrogen (secondary N) is 1. The quantitative estimate of drug-likeness (QED) is 0.811. The zero-order valence-corrected chi connectivity index (χ0v) is 10.1. The number of fused-ring (bicyclic) bond motifs is 1. The minimum absolute atomic E-state index is 0.781. The van der Waals surface area contributed by atoms with E-state index in [1.807, 2.05) is 7.05 Å². The summed E-state index contributed by atoms with van der Waals surface area (Å²) >= 11 is 0. The van der Waals surface area contributed by atoms with Gasteiger partial charge in [-0.2, -0.15) is 0 Å². The lowest BCUT2D eigenvalue weighted by atomic mass is 10.1. The smallest absolute Gasteiger partial charge is 0.0725 e. The number of rotatable bonds is 5. The van der Waals surface area contributed by atoms with Crippen molar-refractivity contribution < 1.29 is 4.74 Å². The second-order valence-electron chi connectivity index (χ2n) is 4.44. The van der Waals surface area contributed by atoms with Crippen LogP contribution in [-0.2, 0) is 24.5 Å². The van der Waals surface area contributed by atoms with Gasteiger partial charge in [0.05, 0.1) is 13.2 Å². The fraction of sp³-hybridized carbons (Fsp3) is 0.538. The number of ether oxygens (including phenoxy) is 1. The van der Waals surface area contributed by atoms with Gasteiger partial charge in [-0.25, -0.2) is 0 Å². The summed E-state index contributed by atoms with van der Waals surface area (Å²) in [7, 11) is 4.14. The van der Waals surface area contributed by atoms with E-state index >= 15 is 0 Å². The molecule has 1 aromatic carbocycles. The molecule has 0 saturated heterocycles. The molecule has 1 aliphatic heterocycles. The third-order valence-corrected chi connectivity index (χ3v) is 2.98. The Morgan fingerprint density at radius 2 is 2.12 bits per heavy atom. The number of hydrogen-bond donors (Lipinski definition) is 1. The Balaban J connectivity index is 1.94. The molecule has 3 nitrogen and oxygen atoms in total. The molecule has 0 amide bonds. The first-order valence-corrected chi connectivity index (χ1v) is 5.81. The van der Waals surface area contributed by atoms with Crippen molar-refractivity contribution in [2.24, 2.45) is 0 Å². The Labute approximate surface area is 97.4 Å². The molecule has 1 heterocycles. The molecular weight excluding hydrogens is 200 g/mol. The molecular formula is C13H20N2O. The van der Waals surface area contributed by atoms with Gasteiger partial charge in [-0.15, -0.1) is 0 Å². The van der Waals surface area contributed by atoms with Crippen molar-refractivity contribution in [2.45, 2.75) is 19.8 Å². The molecule has 88 valence electrons. The molecule has 0 fully saturated rings. The average molecular weight is 220 g/mol. The Hall–Kier alpha value is -0.900. The van der Waals surface area contributed by atoms with Crippen LogP contribution in [0.3, 0.4) is 0 Å². The highest BCUT2D eigenvalue weighted by atomic mass is 16.5. The molecule has 0 atom stereocenters. The highest BCUT2D eigenvalue weighted by Crippen LogP contribution is 2.21. The molecule has 0 radical (unpaired) electrons. The van der Waals surface area contributed by atoms with E-state index in [0.29, 0.717) is 0 Å². The van der Waals surface area contributed by atoms with Crippen LogP contribution in [0, 0.1) is 0 Å². The normalized spacial score (nSPS) is 14.4. The maximum atomic E-state index is 5.42. The van der Waals surface area contributed by atoms with Crippen LogP contribution in [0.2, 0.25) is 0 Å². The standard InChI is InChI=1S/C13H20N2O/c1-14-5-6-15(2)8-11-3-4-12-9-16-10-13(12)7-11/h3-4,7,14H,5-6,8-10H2,1-2H3. The molecule has 0 aromatic heterocycles. The predicted molar refractivity (Wildman–Crippen MR) is 65.2 cm³/mol. The van der Waals surface area contributed by atoms with Crippen molar-refractivity contribution in [3.8, 4) is 0 Å². The fourth-order valence-electron chi connectivity index (χ4n) is 2.02. The third-order valence-electron chi connectivity index (χ3n) is 2.98. The Kier molecular flexibility index (Phi) is 3.93. The van der Waals surface area contributed by atoms with Gasteiger partial charge in [0.2, 0.25) is 0 Å². The van der Waals surface area contributed by atoms with Crippen molar-refractivity contribution in [3.63, 3.8) is 0 Å². The van der Waals surface area contributed by atoms with Gasteiger partial charge in [0.15, 0.2) is 0 Å². The van der Waals surface area contributed by atoms with Crippen molar-refractivity contribution in [3.05, 3.63) is 34.9 Å². The maximum Gasteiger partial charge on any atom is 0.0725 e. The molecule has 1 aliphatic rings. The van der Waals surface area contributed by atoms with Crippen molar-refractivity contribution in [2.75, 3.05) is 27.2 Å². The Morgan fingerprint density at radius 1 is 1.31 bits per heavy atom. The number of hydrogen-bond acceptors (Lipinski definition) is 3. The van der Waals surface area contributed by atoms with Gasteiger partial charge in [-0.1, -0.05) is 18.2 Å². The maximum absolute atomic E-state index is 5.42. The molecule has 1 N–H and O–H groups in total. The van der Waals surface area contributed by atoms with E-state index in [4.69, 9.17) is 4.74 Å². The lowest BCUT2D eigenvalue weighted by Gasteiger charge is -2.16. The minimum atomic E-state index is 0.781. The van der Waals surface area contributed by atoms with Crippen molar-refractivity contribution >= 4 is 0 Å². The highest BCUT2D eigenvalue weighted by molar-refractivity contribution is 5.33. The Morgan fingerprint density at radius 3 is 2.94 bits per heavy atom. The first-order valence-electron chi connectivity index (χ1n) is 5.81. The van der Waals surface area contributed by atoms with E-state index in [9.17, 15) is 0 Å². The van der Waals surface area contributed by atoms with Gasteiger partial charge in [-0.05, 0) is 30.8 Å². The topological polar surface area (TPSA) is 24.5 Å². The molecule has 0 unspecified atom stereocenters. The van der Waals surface area contributed by atoms with Gasteiger partial charge < -0.3 is 15.0 Å².